The lowest BCUT2D eigenvalue weighted by Gasteiger charge is -2.42. The summed E-state index contributed by atoms with van der Waals surface area (Å²) < 4.78 is 0. The maximum absolute atomic E-state index is 6.02. The molecule has 0 saturated heterocycles. The first-order valence-corrected chi connectivity index (χ1v) is 6.08. The quantitative estimate of drug-likeness (QED) is 0.860. The number of rotatable bonds is 3. The Hall–Kier alpha value is -0.240. The molecular formula is C12H15Cl2N. The molecule has 1 aliphatic rings. The van der Waals surface area contributed by atoms with Crippen LogP contribution in [0.25, 0.3) is 0 Å². The lowest BCUT2D eigenvalue weighted by atomic mass is 9.62. The summed E-state index contributed by atoms with van der Waals surface area (Å²) >= 11 is 12.0. The van der Waals surface area contributed by atoms with E-state index in [9.17, 15) is 0 Å². The summed E-state index contributed by atoms with van der Waals surface area (Å²) in [5.74, 6) is 0. The molecule has 15 heavy (non-hydrogen) atoms. The van der Waals surface area contributed by atoms with Crippen LogP contribution in [-0.2, 0) is 5.41 Å². The van der Waals surface area contributed by atoms with Crippen molar-refractivity contribution in [1.29, 1.82) is 0 Å². The molecule has 0 unspecified atom stereocenters. The van der Waals surface area contributed by atoms with Crippen LogP contribution in [-0.4, -0.2) is 6.54 Å². The zero-order chi connectivity index (χ0) is 10.9. The average molecular weight is 244 g/mol. The van der Waals surface area contributed by atoms with Crippen LogP contribution in [0.5, 0.6) is 0 Å². The Morgan fingerprint density at radius 2 is 1.73 bits per heavy atom. The SMILES string of the molecule is NCCC1(c2cc(Cl)cc(Cl)c2)CCC1. The first-order valence-electron chi connectivity index (χ1n) is 5.33. The van der Waals surface area contributed by atoms with Gasteiger partial charge in [0.15, 0.2) is 0 Å². The van der Waals surface area contributed by atoms with Gasteiger partial charge in [-0.3, -0.25) is 0 Å². The number of benzene rings is 1. The smallest absolute Gasteiger partial charge is 0.0423 e. The molecule has 1 aliphatic carbocycles. The van der Waals surface area contributed by atoms with Crippen LogP contribution >= 0.6 is 23.2 Å². The van der Waals surface area contributed by atoms with E-state index in [0.29, 0.717) is 0 Å². The Bertz CT molecular complexity index is 338. The molecule has 1 fully saturated rings. The van der Waals surface area contributed by atoms with Gasteiger partial charge in [0, 0.05) is 10.0 Å². The van der Waals surface area contributed by atoms with Crippen LogP contribution in [0, 0.1) is 0 Å². The second-order valence-corrected chi connectivity index (χ2v) is 5.20. The summed E-state index contributed by atoms with van der Waals surface area (Å²) in [6.07, 6.45) is 4.73. The van der Waals surface area contributed by atoms with Crippen molar-refractivity contribution in [2.75, 3.05) is 6.54 Å². The molecule has 82 valence electrons. The monoisotopic (exact) mass is 243 g/mol. The van der Waals surface area contributed by atoms with E-state index in [-0.39, 0.29) is 5.41 Å². The molecule has 0 aliphatic heterocycles. The van der Waals surface area contributed by atoms with E-state index in [1.54, 1.807) is 6.07 Å². The Kier molecular flexibility index (Phi) is 3.24. The molecule has 3 heteroatoms. The standard InChI is InChI=1S/C12H15Cl2N/c13-10-6-9(7-11(14)8-10)12(4-5-15)2-1-3-12/h6-8H,1-5,15H2. The zero-order valence-corrected chi connectivity index (χ0v) is 10.1. The van der Waals surface area contributed by atoms with Gasteiger partial charge in [0.2, 0.25) is 0 Å². The summed E-state index contributed by atoms with van der Waals surface area (Å²) in [6.45, 7) is 0.726. The molecule has 1 nitrogen and oxygen atoms in total. The third-order valence-electron chi connectivity index (χ3n) is 3.41. The van der Waals surface area contributed by atoms with Crippen molar-refractivity contribution in [3.63, 3.8) is 0 Å². The molecule has 0 bridgehead atoms. The highest BCUT2D eigenvalue weighted by Gasteiger charge is 2.37. The highest BCUT2D eigenvalue weighted by atomic mass is 35.5. The summed E-state index contributed by atoms with van der Waals surface area (Å²) in [5, 5.41) is 1.45. The Labute approximate surface area is 101 Å². The number of hydrogen-bond acceptors (Lipinski definition) is 1. The van der Waals surface area contributed by atoms with Crippen LogP contribution in [0.1, 0.15) is 31.2 Å². The van der Waals surface area contributed by atoms with Crippen molar-refractivity contribution >= 4 is 23.2 Å². The summed E-state index contributed by atoms with van der Waals surface area (Å²) in [7, 11) is 0. The topological polar surface area (TPSA) is 26.0 Å². The van der Waals surface area contributed by atoms with E-state index in [4.69, 9.17) is 28.9 Å². The third-order valence-corrected chi connectivity index (χ3v) is 3.84. The van der Waals surface area contributed by atoms with Crippen molar-refractivity contribution in [2.24, 2.45) is 5.73 Å². The van der Waals surface area contributed by atoms with Crippen LogP contribution in [0.15, 0.2) is 18.2 Å². The minimum absolute atomic E-state index is 0.253. The van der Waals surface area contributed by atoms with Gasteiger partial charge in [0.05, 0.1) is 0 Å². The van der Waals surface area contributed by atoms with Crippen LogP contribution < -0.4 is 5.73 Å². The molecule has 0 aromatic heterocycles. The van der Waals surface area contributed by atoms with Gasteiger partial charge in [-0.25, -0.2) is 0 Å². The first kappa shape index (κ1) is 11.3. The van der Waals surface area contributed by atoms with Crippen molar-refractivity contribution < 1.29 is 0 Å². The van der Waals surface area contributed by atoms with Gasteiger partial charge in [0.25, 0.3) is 0 Å². The van der Waals surface area contributed by atoms with Gasteiger partial charge in [-0.2, -0.15) is 0 Å². The Morgan fingerprint density at radius 3 is 2.13 bits per heavy atom. The predicted molar refractivity (Wildman–Crippen MR) is 65.7 cm³/mol. The fourth-order valence-electron chi connectivity index (χ4n) is 2.42. The number of nitrogens with two attached hydrogens (primary N) is 1. The summed E-state index contributed by atoms with van der Waals surface area (Å²) in [4.78, 5) is 0. The Balaban J connectivity index is 2.34. The minimum Gasteiger partial charge on any atom is -0.330 e. The molecule has 0 heterocycles. The van der Waals surface area contributed by atoms with Gasteiger partial charge in [0.1, 0.15) is 0 Å². The van der Waals surface area contributed by atoms with E-state index in [0.717, 1.165) is 23.0 Å². The second-order valence-electron chi connectivity index (χ2n) is 4.33. The van der Waals surface area contributed by atoms with E-state index in [1.807, 2.05) is 12.1 Å². The van der Waals surface area contributed by atoms with Crippen molar-refractivity contribution in [2.45, 2.75) is 31.1 Å². The fourth-order valence-corrected chi connectivity index (χ4v) is 2.95. The molecular weight excluding hydrogens is 229 g/mol. The van der Waals surface area contributed by atoms with Crippen LogP contribution in [0.4, 0.5) is 0 Å². The first-order chi connectivity index (χ1) is 7.16. The summed E-state index contributed by atoms with van der Waals surface area (Å²) in [5.41, 5.74) is 7.19. The molecule has 0 amide bonds. The highest BCUT2D eigenvalue weighted by molar-refractivity contribution is 6.34. The summed E-state index contributed by atoms with van der Waals surface area (Å²) in [6, 6.07) is 5.84. The fraction of sp³-hybridized carbons (Fsp3) is 0.500. The zero-order valence-electron chi connectivity index (χ0n) is 8.60. The van der Waals surface area contributed by atoms with E-state index < -0.39 is 0 Å². The third kappa shape index (κ3) is 2.15. The molecule has 0 atom stereocenters. The maximum Gasteiger partial charge on any atom is 0.0423 e. The largest absolute Gasteiger partial charge is 0.330 e. The van der Waals surface area contributed by atoms with Crippen molar-refractivity contribution in [3.8, 4) is 0 Å². The van der Waals surface area contributed by atoms with Gasteiger partial charge in [-0.05, 0) is 55.0 Å². The minimum atomic E-state index is 0.253. The predicted octanol–water partition coefficient (Wildman–Crippen LogP) is 3.76. The van der Waals surface area contributed by atoms with Gasteiger partial charge in [-0.1, -0.05) is 29.6 Å². The lowest BCUT2D eigenvalue weighted by molar-refractivity contribution is 0.229. The van der Waals surface area contributed by atoms with E-state index in [1.165, 1.54) is 24.8 Å². The highest BCUT2D eigenvalue weighted by Crippen LogP contribution is 2.47. The number of hydrogen-bond donors (Lipinski definition) is 1. The van der Waals surface area contributed by atoms with E-state index in [2.05, 4.69) is 0 Å². The van der Waals surface area contributed by atoms with Crippen LogP contribution in [0.2, 0.25) is 10.0 Å². The van der Waals surface area contributed by atoms with Gasteiger partial charge in [-0.15, -0.1) is 0 Å². The number of halogens is 2. The van der Waals surface area contributed by atoms with Gasteiger partial charge >= 0.3 is 0 Å². The average Bonchev–Trinajstić information content (AvgIpc) is 2.09. The van der Waals surface area contributed by atoms with Crippen LogP contribution in [0.3, 0.4) is 0 Å². The molecule has 2 N–H and O–H groups in total. The molecule has 0 spiro atoms. The molecule has 0 radical (unpaired) electrons. The molecule has 1 aromatic carbocycles. The van der Waals surface area contributed by atoms with Crippen molar-refractivity contribution in [1.82, 2.24) is 0 Å². The Morgan fingerprint density at radius 1 is 1.13 bits per heavy atom. The van der Waals surface area contributed by atoms with Gasteiger partial charge < -0.3 is 5.73 Å². The van der Waals surface area contributed by atoms with Crippen molar-refractivity contribution in [3.05, 3.63) is 33.8 Å². The normalized spacial score (nSPS) is 18.6. The van der Waals surface area contributed by atoms with E-state index >= 15 is 0 Å². The molecule has 1 saturated carbocycles. The molecule has 1 aromatic rings. The molecule has 2 rings (SSSR count). The second kappa shape index (κ2) is 4.32. The lowest BCUT2D eigenvalue weighted by Crippen LogP contribution is -2.36. The maximum atomic E-state index is 6.02.